The maximum Gasteiger partial charge on any atom is 0.251 e. The zero-order chi connectivity index (χ0) is 20.3. The van der Waals surface area contributed by atoms with Crippen LogP contribution in [0.15, 0.2) is 67.5 Å². The van der Waals surface area contributed by atoms with E-state index in [1.807, 2.05) is 0 Å². The summed E-state index contributed by atoms with van der Waals surface area (Å²) >= 11 is 6.45. The maximum absolute atomic E-state index is 14.5. The second kappa shape index (κ2) is 8.26. The van der Waals surface area contributed by atoms with E-state index >= 15 is 0 Å². The predicted molar refractivity (Wildman–Crippen MR) is 109 cm³/mol. The minimum absolute atomic E-state index is 0.00310. The molecule has 0 saturated carbocycles. The molecular weight excluding hydrogens is 401 g/mol. The van der Waals surface area contributed by atoms with E-state index in [9.17, 15) is 12.8 Å². The number of aromatic nitrogens is 2. The van der Waals surface area contributed by atoms with Gasteiger partial charge in [0.2, 0.25) is 0 Å². The van der Waals surface area contributed by atoms with Gasteiger partial charge in [-0.25, -0.2) is 16.8 Å². The van der Waals surface area contributed by atoms with Crippen molar-refractivity contribution in [2.45, 2.75) is 11.8 Å². The Hall–Kier alpha value is -2.48. The van der Waals surface area contributed by atoms with Gasteiger partial charge in [-0.15, -0.1) is 6.58 Å². The van der Waals surface area contributed by atoms with Crippen molar-refractivity contribution >= 4 is 21.6 Å². The van der Waals surface area contributed by atoms with E-state index < -0.39 is 21.1 Å². The van der Waals surface area contributed by atoms with E-state index in [1.165, 1.54) is 24.4 Å². The molecule has 1 aromatic carbocycles. The topological polar surface area (TPSA) is 64.0 Å². The smallest absolute Gasteiger partial charge is 0.251 e. The van der Waals surface area contributed by atoms with Crippen molar-refractivity contribution in [2.24, 2.45) is 0 Å². The third-order valence-electron chi connectivity index (χ3n) is 4.29. The third-order valence-corrected chi connectivity index (χ3v) is 6.80. The molecule has 0 aliphatic rings. The molecule has 0 fully saturated rings. The lowest BCUT2D eigenvalue weighted by molar-refractivity contribution is 0.581. The minimum Gasteiger partial charge on any atom is -0.316 e. The van der Waals surface area contributed by atoms with Crippen LogP contribution in [0.2, 0.25) is 5.15 Å². The first-order valence-corrected chi connectivity index (χ1v) is 10.4. The number of benzene rings is 1. The molecule has 3 rings (SSSR count). The van der Waals surface area contributed by atoms with Gasteiger partial charge in [-0.05, 0) is 36.9 Å². The number of nitrogens with zero attached hydrogens (tertiary/aromatic N) is 2. The first-order valence-electron chi connectivity index (χ1n) is 8.48. The zero-order valence-corrected chi connectivity index (χ0v) is 16.7. The van der Waals surface area contributed by atoms with Crippen LogP contribution >= 0.6 is 11.6 Å². The second-order valence-electron chi connectivity index (χ2n) is 6.11. The molecule has 0 bridgehead atoms. The van der Waals surface area contributed by atoms with Crippen molar-refractivity contribution in [3.63, 3.8) is 0 Å². The van der Waals surface area contributed by atoms with E-state index in [4.69, 9.17) is 11.6 Å². The average Bonchev–Trinajstić information content (AvgIpc) is 3.00. The monoisotopic (exact) mass is 419 g/mol. The normalized spacial score (nSPS) is 12.7. The highest BCUT2D eigenvalue weighted by Crippen LogP contribution is 2.37. The van der Waals surface area contributed by atoms with Crippen LogP contribution in [0.25, 0.3) is 11.3 Å². The van der Waals surface area contributed by atoms with Gasteiger partial charge in [0, 0.05) is 30.1 Å². The molecule has 0 radical (unpaired) electrons. The van der Waals surface area contributed by atoms with Gasteiger partial charge in [0.25, 0.3) is 10.0 Å². The van der Waals surface area contributed by atoms with Gasteiger partial charge in [0.05, 0.1) is 5.69 Å². The fourth-order valence-electron chi connectivity index (χ4n) is 3.03. The summed E-state index contributed by atoms with van der Waals surface area (Å²) in [5.74, 6) is -0.541. The number of hydrogen-bond acceptors (Lipinski definition) is 4. The fourth-order valence-corrected chi connectivity index (χ4v) is 5.25. The lowest BCUT2D eigenvalue weighted by atomic mass is 10.1. The molecule has 2 heterocycles. The Labute approximate surface area is 168 Å². The van der Waals surface area contributed by atoms with Gasteiger partial charge in [-0.1, -0.05) is 35.9 Å². The standard InChI is InChI=1S/C20H19ClFN3O2S/c1-3-19(14-7-6-10-24-13-14)28(26,27)25-18(11-15(12-23-2)20(25)21)16-8-4-5-9-17(16)22/h3-11,13,19,23H,1,12H2,2H3. The summed E-state index contributed by atoms with van der Waals surface area (Å²) in [6, 6.07) is 10.8. The molecular formula is C20H19ClFN3O2S. The molecule has 0 amide bonds. The summed E-state index contributed by atoms with van der Waals surface area (Å²) in [5, 5.41) is 1.85. The molecule has 1 atom stereocenters. The molecule has 0 aliphatic carbocycles. The summed E-state index contributed by atoms with van der Waals surface area (Å²) in [6.07, 6.45) is 4.32. The molecule has 0 spiro atoms. The second-order valence-corrected chi connectivity index (χ2v) is 8.37. The molecule has 28 heavy (non-hydrogen) atoms. The van der Waals surface area contributed by atoms with Gasteiger partial charge in [-0.2, -0.15) is 0 Å². The highest BCUT2D eigenvalue weighted by Gasteiger charge is 2.32. The highest BCUT2D eigenvalue weighted by molar-refractivity contribution is 7.90. The number of pyridine rings is 1. The van der Waals surface area contributed by atoms with Crippen LogP contribution < -0.4 is 5.32 Å². The molecule has 5 nitrogen and oxygen atoms in total. The van der Waals surface area contributed by atoms with Crippen LogP contribution in [0.5, 0.6) is 0 Å². The molecule has 1 N–H and O–H groups in total. The number of rotatable bonds is 7. The van der Waals surface area contributed by atoms with Crippen molar-refractivity contribution in [1.82, 2.24) is 14.3 Å². The summed E-state index contributed by atoms with van der Waals surface area (Å²) in [6.45, 7) is 4.00. The minimum atomic E-state index is -4.10. The lowest BCUT2D eigenvalue weighted by Crippen LogP contribution is -2.21. The van der Waals surface area contributed by atoms with Crippen molar-refractivity contribution in [2.75, 3.05) is 7.05 Å². The number of nitrogens with one attached hydrogen (secondary N) is 1. The third kappa shape index (κ3) is 3.61. The quantitative estimate of drug-likeness (QED) is 0.584. The van der Waals surface area contributed by atoms with E-state index in [1.54, 1.807) is 43.6 Å². The molecule has 0 saturated heterocycles. The van der Waals surface area contributed by atoms with Gasteiger partial charge in [0.1, 0.15) is 16.2 Å². The van der Waals surface area contributed by atoms with Crippen molar-refractivity contribution < 1.29 is 12.8 Å². The van der Waals surface area contributed by atoms with Crippen LogP contribution in [0.3, 0.4) is 0 Å². The van der Waals surface area contributed by atoms with Crippen LogP contribution in [-0.4, -0.2) is 24.4 Å². The van der Waals surface area contributed by atoms with E-state index in [0.717, 1.165) is 3.97 Å². The highest BCUT2D eigenvalue weighted by atomic mass is 35.5. The molecule has 8 heteroatoms. The average molecular weight is 420 g/mol. The SMILES string of the molecule is C=CC(c1cccnc1)S(=O)(=O)n1c(-c2ccccc2F)cc(CNC)c1Cl. The Kier molecular flexibility index (Phi) is 5.98. The lowest BCUT2D eigenvalue weighted by Gasteiger charge is -2.18. The van der Waals surface area contributed by atoms with Crippen molar-refractivity contribution in [3.05, 3.63) is 89.6 Å². The molecule has 3 aromatic rings. The Bertz CT molecular complexity index is 1100. The number of hydrogen-bond donors (Lipinski definition) is 1. The molecule has 1 unspecified atom stereocenters. The fraction of sp³-hybridized carbons (Fsp3) is 0.150. The first kappa shape index (κ1) is 20.3. The summed E-state index contributed by atoms with van der Waals surface area (Å²) in [4.78, 5) is 3.99. The number of halogens is 2. The predicted octanol–water partition coefficient (Wildman–Crippen LogP) is 4.17. The molecule has 2 aromatic heterocycles. The molecule has 146 valence electrons. The van der Waals surface area contributed by atoms with Gasteiger partial charge < -0.3 is 5.32 Å². The van der Waals surface area contributed by atoms with E-state index in [0.29, 0.717) is 17.7 Å². The summed E-state index contributed by atoms with van der Waals surface area (Å²) in [5.41, 5.74) is 1.28. The zero-order valence-electron chi connectivity index (χ0n) is 15.1. The Balaban J connectivity index is 2.28. The largest absolute Gasteiger partial charge is 0.316 e. The van der Waals surface area contributed by atoms with Crippen LogP contribution in [-0.2, 0) is 16.6 Å². The maximum atomic E-state index is 14.5. The summed E-state index contributed by atoms with van der Waals surface area (Å²) < 4.78 is 42.6. The van der Waals surface area contributed by atoms with Gasteiger partial charge in [0.15, 0.2) is 0 Å². The van der Waals surface area contributed by atoms with Gasteiger partial charge in [-0.3, -0.25) is 4.98 Å². The van der Waals surface area contributed by atoms with Crippen molar-refractivity contribution in [3.8, 4) is 11.3 Å². The van der Waals surface area contributed by atoms with E-state index in [-0.39, 0.29) is 16.4 Å². The Morgan fingerprint density at radius 2 is 2.07 bits per heavy atom. The van der Waals surface area contributed by atoms with E-state index in [2.05, 4.69) is 16.9 Å². The first-order chi connectivity index (χ1) is 13.4. The van der Waals surface area contributed by atoms with Crippen LogP contribution in [0.1, 0.15) is 16.4 Å². The van der Waals surface area contributed by atoms with Crippen molar-refractivity contribution in [1.29, 1.82) is 0 Å². The molecule has 0 aliphatic heterocycles. The van der Waals surface area contributed by atoms with Crippen LogP contribution in [0.4, 0.5) is 4.39 Å². The Morgan fingerprint density at radius 3 is 2.68 bits per heavy atom. The Morgan fingerprint density at radius 1 is 1.32 bits per heavy atom. The van der Waals surface area contributed by atoms with Crippen LogP contribution in [0, 0.1) is 5.82 Å². The van der Waals surface area contributed by atoms with Gasteiger partial charge >= 0.3 is 0 Å². The summed E-state index contributed by atoms with van der Waals surface area (Å²) in [7, 11) is -2.38.